The van der Waals surface area contributed by atoms with Crippen molar-refractivity contribution in [3.8, 4) is 0 Å². The number of piperidine rings is 1. The van der Waals surface area contributed by atoms with E-state index in [0.717, 1.165) is 6.07 Å². The van der Waals surface area contributed by atoms with E-state index < -0.39 is 33.5 Å². The zero-order valence-corrected chi connectivity index (χ0v) is 15.6. The molecule has 0 aliphatic carbocycles. The van der Waals surface area contributed by atoms with Gasteiger partial charge in [-0.3, -0.25) is 10.1 Å². The summed E-state index contributed by atoms with van der Waals surface area (Å²) in [4.78, 5) is 16.3. The molecule has 2 aromatic rings. The van der Waals surface area contributed by atoms with Gasteiger partial charge in [0.2, 0.25) is 0 Å². The van der Waals surface area contributed by atoms with Gasteiger partial charge in [0.05, 0.1) is 15.5 Å². The molecule has 0 radical (unpaired) electrons. The highest BCUT2D eigenvalue weighted by molar-refractivity contribution is 6.31. The number of nitro groups is 1. The third kappa shape index (κ3) is 3.93. The van der Waals surface area contributed by atoms with Gasteiger partial charge in [0.1, 0.15) is 17.6 Å². The van der Waals surface area contributed by atoms with Crippen LogP contribution in [0.3, 0.4) is 0 Å². The van der Waals surface area contributed by atoms with Crippen molar-refractivity contribution in [3.05, 3.63) is 51.1 Å². The molecular formula is C17H18ClF3N4O3. The van der Waals surface area contributed by atoms with Crippen molar-refractivity contribution in [1.29, 1.82) is 0 Å². The summed E-state index contributed by atoms with van der Waals surface area (Å²) >= 11 is 5.75. The molecule has 11 heteroatoms. The van der Waals surface area contributed by atoms with Crippen LogP contribution in [-0.4, -0.2) is 32.7 Å². The Bertz CT molecular complexity index is 879. The van der Waals surface area contributed by atoms with Crippen LogP contribution in [0, 0.1) is 16.0 Å². The fourth-order valence-corrected chi connectivity index (χ4v) is 3.76. The molecule has 0 saturated carbocycles. The van der Waals surface area contributed by atoms with Gasteiger partial charge in [-0.05, 0) is 24.8 Å². The van der Waals surface area contributed by atoms with Gasteiger partial charge in [0.15, 0.2) is 0 Å². The summed E-state index contributed by atoms with van der Waals surface area (Å²) in [7, 11) is 1.77. The Balaban J connectivity index is 1.81. The van der Waals surface area contributed by atoms with E-state index in [9.17, 15) is 28.4 Å². The molecule has 1 N–H and O–H groups in total. The highest BCUT2D eigenvalue weighted by Gasteiger charge is 2.37. The maximum atomic E-state index is 13.0. The topological polar surface area (TPSA) is 84.4 Å². The average Bonchev–Trinajstić information content (AvgIpc) is 3.05. The number of halogens is 4. The van der Waals surface area contributed by atoms with E-state index in [0.29, 0.717) is 37.8 Å². The Morgan fingerprint density at radius 1 is 1.36 bits per heavy atom. The van der Waals surface area contributed by atoms with Gasteiger partial charge in [-0.1, -0.05) is 11.6 Å². The van der Waals surface area contributed by atoms with Gasteiger partial charge in [-0.2, -0.15) is 13.2 Å². The molecule has 1 aromatic carbocycles. The molecule has 7 nitrogen and oxygen atoms in total. The Morgan fingerprint density at radius 3 is 2.50 bits per heavy atom. The highest BCUT2D eigenvalue weighted by Crippen LogP contribution is 2.42. The minimum absolute atomic E-state index is 0.0490. The SMILES string of the molecule is Cn1ccnc1C(O)C1CCN(c2cc(Cl)c(C(F)(F)F)cc2[N+](=O)[O-])CC1. The van der Waals surface area contributed by atoms with Crippen LogP contribution in [0.4, 0.5) is 24.5 Å². The van der Waals surface area contributed by atoms with Crippen molar-refractivity contribution in [2.45, 2.75) is 25.1 Å². The number of aromatic nitrogens is 2. The number of aryl methyl sites for hydroxylation is 1. The second-order valence-electron chi connectivity index (χ2n) is 6.74. The molecule has 1 aliphatic heterocycles. The first-order valence-corrected chi connectivity index (χ1v) is 8.92. The molecule has 1 fully saturated rings. The Morgan fingerprint density at radius 2 is 2.00 bits per heavy atom. The minimum atomic E-state index is -4.78. The molecule has 1 saturated heterocycles. The number of rotatable bonds is 4. The Kier molecular flexibility index (Phi) is 5.53. The number of anilines is 1. The lowest BCUT2D eigenvalue weighted by molar-refractivity contribution is -0.384. The quantitative estimate of drug-likeness (QED) is 0.600. The summed E-state index contributed by atoms with van der Waals surface area (Å²) in [5, 5.41) is 21.3. The third-order valence-corrected chi connectivity index (χ3v) is 5.33. The molecule has 1 aromatic heterocycles. The number of aliphatic hydroxyl groups is 1. The second-order valence-corrected chi connectivity index (χ2v) is 7.15. The second kappa shape index (κ2) is 7.59. The molecule has 0 bridgehead atoms. The fourth-order valence-electron chi connectivity index (χ4n) is 3.50. The lowest BCUT2D eigenvalue weighted by Gasteiger charge is -2.35. The maximum Gasteiger partial charge on any atom is 0.418 e. The molecule has 0 amide bonds. The largest absolute Gasteiger partial charge is 0.418 e. The van der Waals surface area contributed by atoms with Gasteiger partial charge >= 0.3 is 6.18 Å². The van der Waals surface area contributed by atoms with Crippen LogP contribution >= 0.6 is 11.6 Å². The Hall–Kier alpha value is -2.33. The summed E-state index contributed by atoms with van der Waals surface area (Å²) in [6.07, 6.45) is -1.25. The number of aliphatic hydroxyl groups excluding tert-OH is 1. The predicted molar refractivity (Wildman–Crippen MR) is 96.2 cm³/mol. The minimum Gasteiger partial charge on any atom is -0.385 e. The van der Waals surface area contributed by atoms with E-state index in [-0.39, 0.29) is 11.6 Å². The maximum absolute atomic E-state index is 13.0. The number of hydrogen-bond donors (Lipinski definition) is 1. The van der Waals surface area contributed by atoms with E-state index >= 15 is 0 Å². The fraction of sp³-hybridized carbons (Fsp3) is 0.471. The van der Waals surface area contributed by atoms with Crippen molar-refractivity contribution in [1.82, 2.24) is 9.55 Å². The number of benzene rings is 1. The monoisotopic (exact) mass is 418 g/mol. The number of alkyl halides is 3. The van der Waals surface area contributed by atoms with Crippen LogP contribution in [0.2, 0.25) is 5.02 Å². The van der Waals surface area contributed by atoms with Crippen molar-refractivity contribution < 1.29 is 23.2 Å². The van der Waals surface area contributed by atoms with Crippen molar-refractivity contribution in [2.75, 3.05) is 18.0 Å². The number of hydrogen-bond acceptors (Lipinski definition) is 5. The van der Waals surface area contributed by atoms with Gasteiger partial charge in [-0.25, -0.2) is 4.98 Å². The van der Waals surface area contributed by atoms with E-state index in [1.165, 1.54) is 0 Å². The van der Waals surface area contributed by atoms with E-state index in [1.54, 1.807) is 28.9 Å². The molecule has 1 unspecified atom stereocenters. The number of imidazole rings is 1. The van der Waals surface area contributed by atoms with Crippen molar-refractivity contribution in [2.24, 2.45) is 13.0 Å². The standard InChI is InChI=1S/C17H18ClF3N4O3/c1-23-7-4-22-16(23)15(26)10-2-5-24(6-3-10)13-9-12(18)11(17(19,20)21)8-14(13)25(27)28/h4,7-10,15,26H,2-3,5-6H2,1H3. The summed E-state index contributed by atoms with van der Waals surface area (Å²) < 4.78 is 40.8. The van der Waals surface area contributed by atoms with Gasteiger partial charge in [0, 0.05) is 38.6 Å². The van der Waals surface area contributed by atoms with Crippen LogP contribution < -0.4 is 4.90 Å². The first kappa shape index (κ1) is 20.4. The summed E-state index contributed by atoms with van der Waals surface area (Å²) in [5.41, 5.74) is -1.82. The van der Waals surface area contributed by atoms with Crippen LogP contribution in [0.5, 0.6) is 0 Å². The van der Waals surface area contributed by atoms with Crippen LogP contribution in [0.15, 0.2) is 24.5 Å². The van der Waals surface area contributed by atoms with Crippen molar-refractivity contribution in [3.63, 3.8) is 0 Å². The lowest BCUT2D eigenvalue weighted by atomic mass is 9.90. The first-order valence-electron chi connectivity index (χ1n) is 8.55. The van der Waals surface area contributed by atoms with Crippen molar-refractivity contribution >= 4 is 23.0 Å². The van der Waals surface area contributed by atoms with Gasteiger partial charge in [0.25, 0.3) is 5.69 Å². The van der Waals surface area contributed by atoms with E-state index in [2.05, 4.69) is 4.98 Å². The zero-order valence-electron chi connectivity index (χ0n) is 14.9. The number of nitro benzene ring substituents is 1. The van der Waals surface area contributed by atoms with E-state index in [4.69, 9.17) is 11.6 Å². The van der Waals surface area contributed by atoms with Crippen LogP contribution in [0.25, 0.3) is 0 Å². The third-order valence-electron chi connectivity index (χ3n) is 5.02. The molecule has 152 valence electrons. The smallest absolute Gasteiger partial charge is 0.385 e. The van der Waals surface area contributed by atoms with Gasteiger partial charge in [-0.15, -0.1) is 0 Å². The zero-order chi connectivity index (χ0) is 20.6. The molecule has 1 atom stereocenters. The molecule has 3 rings (SSSR count). The lowest BCUT2D eigenvalue weighted by Crippen LogP contribution is -2.36. The van der Waals surface area contributed by atoms with E-state index in [1.807, 2.05) is 0 Å². The summed E-state index contributed by atoms with van der Waals surface area (Å²) in [6.45, 7) is 0.684. The first-order chi connectivity index (χ1) is 13.1. The normalized spacial score (nSPS) is 17.0. The molecule has 1 aliphatic rings. The van der Waals surface area contributed by atoms with Crippen LogP contribution in [0.1, 0.15) is 30.3 Å². The molecule has 0 spiro atoms. The Labute approximate surface area is 163 Å². The molecule has 2 heterocycles. The van der Waals surface area contributed by atoms with Crippen LogP contribution in [-0.2, 0) is 13.2 Å². The van der Waals surface area contributed by atoms with Gasteiger partial charge < -0.3 is 14.6 Å². The number of nitrogens with zero attached hydrogens (tertiary/aromatic N) is 4. The molecule has 28 heavy (non-hydrogen) atoms. The summed E-state index contributed by atoms with van der Waals surface area (Å²) in [6, 6.07) is 1.48. The predicted octanol–water partition coefficient (Wildman–Crippen LogP) is 3.95. The summed E-state index contributed by atoms with van der Waals surface area (Å²) in [5.74, 6) is 0.420. The highest BCUT2D eigenvalue weighted by atomic mass is 35.5. The molecular weight excluding hydrogens is 401 g/mol. The average molecular weight is 419 g/mol.